The van der Waals surface area contributed by atoms with Gasteiger partial charge in [0.25, 0.3) is 0 Å². The van der Waals surface area contributed by atoms with Gasteiger partial charge in [0.1, 0.15) is 0 Å². The maximum Gasteiger partial charge on any atom is 0.216 e. The molecule has 79 valence electrons. The molecule has 0 aromatic rings. The first kappa shape index (κ1) is 13.2. The third-order valence-electron chi connectivity index (χ3n) is 1.81. The summed E-state index contributed by atoms with van der Waals surface area (Å²) in [6.45, 7) is 16.7. The first-order valence-electron chi connectivity index (χ1n) is 5.23. The van der Waals surface area contributed by atoms with Crippen LogP contribution in [0.25, 0.3) is 0 Å². The fourth-order valence-electron chi connectivity index (χ4n) is 1.30. The second-order valence-corrected chi connectivity index (χ2v) is 8.96. The van der Waals surface area contributed by atoms with Crippen LogP contribution in [0.5, 0.6) is 0 Å². The second kappa shape index (κ2) is 5.16. The monoisotopic (exact) mass is 201 g/mol. The molecule has 13 heavy (non-hydrogen) atoms. The Morgan fingerprint density at radius 1 is 1.00 bits per heavy atom. The van der Waals surface area contributed by atoms with Crippen molar-refractivity contribution in [2.24, 2.45) is 5.41 Å². The van der Waals surface area contributed by atoms with E-state index < -0.39 is 9.04 Å². The Kier molecular flexibility index (Phi) is 5.23. The van der Waals surface area contributed by atoms with Crippen molar-refractivity contribution in [3.8, 4) is 0 Å². The van der Waals surface area contributed by atoms with Crippen molar-refractivity contribution >= 4 is 9.04 Å². The van der Waals surface area contributed by atoms with Gasteiger partial charge in [-0.1, -0.05) is 48.5 Å². The Balaban J connectivity index is 3.98. The molecule has 0 aromatic heterocycles. The summed E-state index contributed by atoms with van der Waals surface area (Å²) in [7, 11) is -0.612. The molecule has 0 aliphatic carbocycles. The zero-order valence-corrected chi connectivity index (χ0v) is 11.3. The van der Waals surface area contributed by atoms with E-state index in [0.29, 0.717) is 16.5 Å². The Bertz CT molecular complexity index is 128. The molecule has 0 N–H and O–H groups in total. The van der Waals surface area contributed by atoms with Crippen LogP contribution in [0.1, 0.15) is 48.5 Å². The molecule has 2 heteroatoms. The van der Waals surface area contributed by atoms with Crippen molar-refractivity contribution in [1.29, 1.82) is 0 Å². The molecular formula is C11H25OSi. The molecule has 0 aromatic carbocycles. The van der Waals surface area contributed by atoms with Gasteiger partial charge in [-0.25, -0.2) is 0 Å². The molecule has 0 atom stereocenters. The van der Waals surface area contributed by atoms with Crippen molar-refractivity contribution < 1.29 is 4.43 Å². The quantitative estimate of drug-likeness (QED) is 0.628. The zero-order valence-electron chi connectivity index (χ0n) is 10.3. The van der Waals surface area contributed by atoms with Crippen LogP contribution in [0.4, 0.5) is 0 Å². The van der Waals surface area contributed by atoms with Crippen molar-refractivity contribution in [1.82, 2.24) is 0 Å². The smallest absolute Gasteiger partial charge is 0.216 e. The lowest BCUT2D eigenvalue weighted by Crippen LogP contribution is -2.30. The van der Waals surface area contributed by atoms with Crippen LogP contribution < -0.4 is 0 Å². The van der Waals surface area contributed by atoms with E-state index in [1.165, 1.54) is 0 Å². The van der Waals surface area contributed by atoms with E-state index in [1.807, 2.05) is 0 Å². The van der Waals surface area contributed by atoms with Crippen molar-refractivity contribution in [2.45, 2.75) is 59.5 Å². The van der Waals surface area contributed by atoms with Crippen molar-refractivity contribution in [3.63, 3.8) is 0 Å². The van der Waals surface area contributed by atoms with E-state index in [-0.39, 0.29) is 0 Å². The summed E-state index contributed by atoms with van der Waals surface area (Å²) in [4.78, 5) is 0. The van der Waals surface area contributed by atoms with Gasteiger partial charge in [-0.2, -0.15) is 0 Å². The van der Waals surface area contributed by atoms with E-state index in [1.54, 1.807) is 0 Å². The maximum absolute atomic E-state index is 6.03. The van der Waals surface area contributed by atoms with E-state index in [9.17, 15) is 0 Å². The summed E-state index contributed by atoms with van der Waals surface area (Å²) >= 11 is 0. The summed E-state index contributed by atoms with van der Waals surface area (Å²) < 4.78 is 6.03. The number of rotatable bonds is 4. The van der Waals surface area contributed by atoms with E-state index in [0.717, 1.165) is 6.61 Å². The van der Waals surface area contributed by atoms with Gasteiger partial charge in [-0.05, 0) is 16.5 Å². The number of hydrogen-bond acceptors (Lipinski definition) is 1. The molecule has 0 bridgehead atoms. The van der Waals surface area contributed by atoms with Gasteiger partial charge in [0.05, 0.1) is 0 Å². The summed E-state index contributed by atoms with van der Waals surface area (Å²) in [5, 5.41) is 0. The van der Waals surface area contributed by atoms with Crippen LogP contribution >= 0.6 is 0 Å². The number of hydrogen-bond donors (Lipinski definition) is 0. The normalized spacial score (nSPS) is 13.4. The lowest BCUT2D eigenvalue weighted by atomic mass is 9.99. The van der Waals surface area contributed by atoms with Gasteiger partial charge in [0, 0.05) is 6.61 Å². The SMILES string of the molecule is CC(C)[Si](OCC(C)(C)C)C(C)C. The van der Waals surface area contributed by atoms with E-state index in [2.05, 4.69) is 48.5 Å². The molecule has 1 radical (unpaired) electrons. The summed E-state index contributed by atoms with van der Waals surface area (Å²) in [5.74, 6) is 0. The minimum Gasteiger partial charge on any atom is -0.416 e. The topological polar surface area (TPSA) is 9.23 Å². The van der Waals surface area contributed by atoms with Crippen molar-refractivity contribution in [3.05, 3.63) is 0 Å². The van der Waals surface area contributed by atoms with Gasteiger partial charge < -0.3 is 4.43 Å². The van der Waals surface area contributed by atoms with Gasteiger partial charge in [-0.15, -0.1) is 0 Å². The van der Waals surface area contributed by atoms with E-state index in [4.69, 9.17) is 4.43 Å². The molecule has 0 aliphatic heterocycles. The predicted molar refractivity (Wildman–Crippen MR) is 61.4 cm³/mol. The highest BCUT2D eigenvalue weighted by Crippen LogP contribution is 2.23. The third kappa shape index (κ3) is 6.27. The fourth-order valence-corrected chi connectivity index (χ4v) is 3.90. The van der Waals surface area contributed by atoms with Gasteiger partial charge in [0.2, 0.25) is 9.04 Å². The average molecular weight is 201 g/mol. The first-order chi connectivity index (χ1) is 5.74. The summed E-state index contributed by atoms with van der Waals surface area (Å²) in [6, 6.07) is 0. The summed E-state index contributed by atoms with van der Waals surface area (Å²) in [5.41, 5.74) is 1.74. The highest BCUT2D eigenvalue weighted by atomic mass is 28.3. The molecule has 0 heterocycles. The first-order valence-corrected chi connectivity index (χ1v) is 6.80. The second-order valence-electron chi connectivity index (χ2n) is 5.56. The Morgan fingerprint density at radius 3 is 1.62 bits per heavy atom. The van der Waals surface area contributed by atoms with E-state index >= 15 is 0 Å². The Hall–Kier alpha value is 0.177. The van der Waals surface area contributed by atoms with Gasteiger partial charge in [-0.3, -0.25) is 0 Å². The van der Waals surface area contributed by atoms with Crippen LogP contribution in [0.3, 0.4) is 0 Å². The van der Waals surface area contributed by atoms with Gasteiger partial charge in [0.15, 0.2) is 0 Å². The average Bonchev–Trinajstić information content (AvgIpc) is 1.82. The highest BCUT2D eigenvalue weighted by molar-refractivity contribution is 6.54. The van der Waals surface area contributed by atoms with Crippen LogP contribution in [0.15, 0.2) is 0 Å². The van der Waals surface area contributed by atoms with Crippen molar-refractivity contribution in [2.75, 3.05) is 6.61 Å². The minimum atomic E-state index is -0.612. The molecule has 0 spiro atoms. The molecule has 0 saturated heterocycles. The fraction of sp³-hybridized carbons (Fsp3) is 1.00. The Labute approximate surface area is 85.6 Å². The molecule has 0 fully saturated rings. The maximum atomic E-state index is 6.03. The standard InChI is InChI=1S/C11H25OSi/c1-9(2)13(10(3)4)12-8-11(5,6)7/h9-10H,8H2,1-7H3. The molecular weight excluding hydrogens is 176 g/mol. The minimum absolute atomic E-state index is 0.305. The van der Waals surface area contributed by atoms with Gasteiger partial charge >= 0.3 is 0 Å². The molecule has 1 nitrogen and oxygen atoms in total. The zero-order chi connectivity index (χ0) is 10.6. The molecule has 0 unspecified atom stereocenters. The van der Waals surface area contributed by atoms with Crippen LogP contribution in [-0.4, -0.2) is 15.6 Å². The lowest BCUT2D eigenvalue weighted by Gasteiger charge is -2.27. The van der Waals surface area contributed by atoms with Crippen LogP contribution in [0, 0.1) is 5.41 Å². The van der Waals surface area contributed by atoms with Crippen LogP contribution in [-0.2, 0) is 4.43 Å². The van der Waals surface area contributed by atoms with Crippen LogP contribution in [0.2, 0.25) is 11.1 Å². The molecule has 0 saturated carbocycles. The highest BCUT2D eigenvalue weighted by Gasteiger charge is 2.24. The largest absolute Gasteiger partial charge is 0.416 e. The third-order valence-corrected chi connectivity index (χ3v) is 4.56. The lowest BCUT2D eigenvalue weighted by molar-refractivity contribution is 0.191. The summed E-state index contributed by atoms with van der Waals surface area (Å²) in [6.07, 6.45) is 0. The molecule has 0 aliphatic rings. The predicted octanol–water partition coefficient (Wildman–Crippen LogP) is 3.86. The Morgan fingerprint density at radius 2 is 1.38 bits per heavy atom. The molecule has 0 rings (SSSR count). The molecule has 0 amide bonds.